The van der Waals surface area contributed by atoms with Gasteiger partial charge < -0.3 is 27.9 Å². The van der Waals surface area contributed by atoms with Crippen molar-refractivity contribution in [2.75, 3.05) is 47.5 Å². The zero-order valence-electron chi connectivity index (χ0n) is 38.5. The molecular weight excluding hydrogens is 750 g/mol. The molecule has 58 heavy (non-hydrogen) atoms. The first-order valence-corrected chi connectivity index (χ1v) is 25.5. The lowest BCUT2D eigenvalue weighted by atomic mass is 10.0. The van der Waals surface area contributed by atoms with Crippen molar-refractivity contribution in [3.63, 3.8) is 0 Å². The molecule has 342 valence electrons. The summed E-state index contributed by atoms with van der Waals surface area (Å²) in [7, 11) is 1.17. The molecule has 9 nitrogen and oxygen atoms in total. The summed E-state index contributed by atoms with van der Waals surface area (Å²) in [6, 6.07) is 0. The second-order valence-electron chi connectivity index (χ2n) is 17.5. The summed E-state index contributed by atoms with van der Waals surface area (Å²) in [5.41, 5.74) is 0. The molecule has 2 atom stereocenters. The highest BCUT2D eigenvalue weighted by Crippen LogP contribution is 2.38. The SMILES string of the molecule is CCCCC/C=C\C/C=C\CCCCCCCCCCCC(=O)OC[C@H](COP(=O)([O-])OCC[N+](C)(C)C)OC(=O)CCCCCCCCCCCCCCCCC. The minimum absolute atomic E-state index is 0.0293. The summed E-state index contributed by atoms with van der Waals surface area (Å²) in [5, 5.41) is 0. The van der Waals surface area contributed by atoms with Gasteiger partial charge in [0, 0.05) is 12.8 Å². The predicted octanol–water partition coefficient (Wildman–Crippen LogP) is 13.3. The van der Waals surface area contributed by atoms with Gasteiger partial charge in [0.2, 0.25) is 0 Å². The fraction of sp³-hybridized carbons (Fsp3) is 0.875. The van der Waals surface area contributed by atoms with Gasteiger partial charge in [0.15, 0.2) is 6.10 Å². The number of quaternary nitrogens is 1. The van der Waals surface area contributed by atoms with E-state index in [4.69, 9.17) is 18.5 Å². The van der Waals surface area contributed by atoms with Gasteiger partial charge in [-0.05, 0) is 44.9 Å². The molecule has 0 rings (SSSR count). The quantitative estimate of drug-likeness (QED) is 0.0196. The molecule has 0 spiro atoms. The summed E-state index contributed by atoms with van der Waals surface area (Å²) >= 11 is 0. The number of esters is 2. The van der Waals surface area contributed by atoms with Gasteiger partial charge in [-0.25, -0.2) is 0 Å². The van der Waals surface area contributed by atoms with Crippen LogP contribution in [0.4, 0.5) is 0 Å². The highest BCUT2D eigenvalue weighted by molar-refractivity contribution is 7.45. The summed E-state index contributed by atoms with van der Waals surface area (Å²) in [6.07, 6.45) is 44.8. The van der Waals surface area contributed by atoms with Crippen molar-refractivity contribution < 1.29 is 42.1 Å². The van der Waals surface area contributed by atoms with E-state index >= 15 is 0 Å². The molecule has 0 bridgehead atoms. The molecule has 0 saturated heterocycles. The van der Waals surface area contributed by atoms with Gasteiger partial charge in [-0.1, -0.05) is 186 Å². The second-order valence-corrected chi connectivity index (χ2v) is 18.9. The Hall–Kier alpha value is -1.51. The third kappa shape index (κ3) is 44.1. The van der Waals surface area contributed by atoms with E-state index in [1.807, 2.05) is 21.1 Å². The molecule has 0 fully saturated rings. The molecule has 10 heteroatoms. The van der Waals surface area contributed by atoms with Gasteiger partial charge in [0.25, 0.3) is 7.82 Å². The fourth-order valence-electron chi connectivity index (χ4n) is 6.69. The van der Waals surface area contributed by atoms with Crippen molar-refractivity contribution in [2.24, 2.45) is 0 Å². The smallest absolute Gasteiger partial charge is 0.306 e. The number of hydrogen-bond donors (Lipinski definition) is 0. The largest absolute Gasteiger partial charge is 0.756 e. The summed E-state index contributed by atoms with van der Waals surface area (Å²) in [6.45, 7) is 4.23. The van der Waals surface area contributed by atoms with E-state index in [-0.39, 0.29) is 32.0 Å². The van der Waals surface area contributed by atoms with Crippen LogP contribution in [0.25, 0.3) is 0 Å². The maximum atomic E-state index is 12.7. The standard InChI is InChI=1S/C48H92NO8P/c1-6-8-10-12-14-16-18-20-22-23-24-25-27-28-30-32-34-36-38-40-47(50)54-44-46(45-56-58(52,53)55-43-42-49(3,4)5)57-48(51)41-39-37-35-33-31-29-26-21-19-17-15-13-11-9-7-2/h14,16,20,22,46H,6-13,15,17-19,21,23-45H2,1-5H3/b16-14-,22-20-/t46-/m1/s1. The van der Waals surface area contributed by atoms with Gasteiger partial charge in [-0.2, -0.15) is 0 Å². The number of carbonyl (C=O) groups excluding carboxylic acids is 2. The van der Waals surface area contributed by atoms with Gasteiger partial charge in [-0.15, -0.1) is 0 Å². The minimum atomic E-state index is -4.62. The van der Waals surface area contributed by atoms with Crippen LogP contribution in [0.3, 0.4) is 0 Å². The van der Waals surface area contributed by atoms with Crippen molar-refractivity contribution >= 4 is 19.8 Å². The van der Waals surface area contributed by atoms with Crippen LogP contribution in [0, 0.1) is 0 Å². The van der Waals surface area contributed by atoms with Crippen LogP contribution in [0.5, 0.6) is 0 Å². The van der Waals surface area contributed by atoms with Crippen molar-refractivity contribution in [1.82, 2.24) is 0 Å². The number of hydrogen-bond acceptors (Lipinski definition) is 8. The molecular formula is C48H92NO8P. The van der Waals surface area contributed by atoms with Crippen molar-refractivity contribution in [3.05, 3.63) is 24.3 Å². The third-order valence-electron chi connectivity index (χ3n) is 10.5. The lowest BCUT2D eigenvalue weighted by molar-refractivity contribution is -0.870. The molecule has 0 aliphatic heterocycles. The molecule has 0 aromatic rings. The maximum Gasteiger partial charge on any atom is 0.306 e. The Kier molecular flexibility index (Phi) is 39.8. The minimum Gasteiger partial charge on any atom is -0.756 e. The second kappa shape index (κ2) is 40.9. The van der Waals surface area contributed by atoms with E-state index in [1.165, 1.54) is 148 Å². The van der Waals surface area contributed by atoms with Crippen LogP contribution < -0.4 is 4.89 Å². The number of likely N-dealkylation sites (N-methyl/N-ethyl adjacent to an activating group) is 1. The van der Waals surface area contributed by atoms with Crippen molar-refractivity contribution in [1.29, 1.82) is 0 Å². The van der Waals surface area contributed by atoms with E-state index in [1.54, 1.807) is 0 Å². The molecule has 0 saturated carbocycles. The molecule has 1 unspecified atom stereocenters. The number of phosphoric acid groups is 1. The van der Waals surface area contributed by atoms with Crippen LogP contribution >= 0.6 is 7.82 Å². The van der Waals surface area contributed by atoms with Crippen molar-refractivity contribution in [2.45, 2.75) is 225 Å². The van der Waals surface area contributed by atoms with Crippen molar-refractivity contribution in [3.8, 4) is 0 Å². The van der Waals surface area contributed by atoms with E-state index in [9.17, 15) is 19.0 Å². The van der Waals surface area contributed by atoms with E-state index in [2.05, 4.69) is 38.2 Å². The predicted molar refractivity (Wildman–Crippen MR) is 241 cm³/mol. The Labute approximate surface area is 358 Å². The van der Waals surface area contributed by atoms with Gasteiger partial charge in [0.1, 0.15) is 19.8 Å². The first-order chi connectivity index (χ1) is 28.0. The summed E-state index contributed by atoms with van der Waals surface area (Å²) in [5.74, 6) is -0.829. The highest BCUT2D eigenvalue weighted by Gasteiger charge is 2.21. The molecule has 0 amide bonds. The van der Waals surface area contributed by atoms with Crippen LogP contribution in [0.15, 0.2) is 24.3 Å². The summed E-state index contributed by atoms with van der Waals surface area (Å²) < 4.78 is 34.0. The topological polar surface area (TPSA) is 111 Å². The monoisotopic (exact) mass is 842 g/mol. The Morgan fingerprint density at radius 1 is 0.534 bits per heavy atom. The fourth-order valence-corrected chi connectivity index (χ4v) is 7.41. The molecule has 0 aromatic heterocycles. The average molecular weight is 842 g/mol. The lowest BCUT2D eigenvalue weighted by Gasteiger charge is -2.28. The van der Waals surface area contributed by atoms with Crippen LogP contribution in [-0.2, 0) is 32.7 Å². The number of ether oxygens (including phenoxy) is 2. The van der Waals surface area contributed by atoms with Gasteiger partial charge in [-0.3, -0.25) is 14.2 Å². The number of phosphoric ester groups is 1. The Balaban J connectivity index is 4.27. The molecule has 0 N–H and O–H groups in total. The van der Waals surface area contributed by atoms with E-state index < -0.39 is 26.5 Å². The Bertz CT molecular complexity index is 1040. The highest BCUT2D eigenvalue weighted by atomic mass is 31.2. The van der Waals surface area contributed by atoms with Gasteiger partial charge >= 0.3 is 11.9 Å². The molecule has 0 aliphatic rings. The average Bonchev–Trinajstić information content (AvgIpc) is 3.17. The normalized spacial score (nSPS) is 13.7. The zero-order valence-corrected chi connectivity index (χ0v) is 39.4. The number of nitrogens with zero attached hydrogens (tertiary/aromatic N) is 1. The van der Waals surface area contributed by atoms with Gasteiger partial charge in [0.05, 0.1) is 27.7 Å². The van der Waals surface area contributed by atoms with E-state index in [0.717, 1.165) is 38.5 Å². The number of allylic oxidation sites excluding steroid dienone is 4. The first kappa shape index (κ1) is 56.5. The molecule has 0 aliphatic carbocycles. The lowest BCUT2D eigenvalue weighted by Crippen LogP contribution is -2.37. The first-order valence-electron chi connectivity index (χ1n) is 24.0. The van der Waals surface area contributed by atoms with Crippen LogP contribution in [-0.4, -0.2) is 70.0 Å². The number of carbonyl (C=O) groups is 2. The molecule has 0 aromatic carbocycles. The number of rotatable bonds is 44. The zero-order chi connectivity index (χ0) is 42.8. The third-order valence-corrected chi connectivity index (χ3v) is 11.4. The van der Waals surface area contributed by atoms with Crippen LogP contribution in [0.2, 0.25) is 0 Å². The summed E-state index contributed by atoms with van der Waals surface area (Å²) in [4.78, 5) is 37.6. The molecule has 0 radical (unpaired) electrons. The van der Waals surface area contributed by atoms with Crippen LogP contribution in [0.1, 0.15) is 219 Å². The molecule has 0 heterocycles. The number of unbranched alkanes of at least 4 members (excludes halogenated alkanes) is 26. The Morgan fingerprint density at radius 3 is 1.40 bits per heavy atom. The Morgan fingerprint density at radius 2 is 0.931 bits per heavy atom. The van der Waals surface area contributed by atoms with E-state index in [0.29, 0.717) is 17.4 Å². The maximum absolute atomic E-state index is 12.7.